The van der Waals surface area contributed by atoms with E-state index in [9.17, 15) is 4.79 Å². The molecule has 4 unspecified atom stereocenters. The van der Waals surface area contributed by atoms with Gasteiger partial charge >= 0.3 is 76.2 Å². The third kappa shape index (κ3) is 8.03. The highest BCUT2D eigenvalue weighted by Crippen LogP contribution is 2.45. The maximum atomic E-state index is 11.6. The normalized spacial score (nSPS) is 49.2. The zero-order valence-corrected chi connectivity index (χ0v) is 34.1. The van der Waals surface area contributed by atoms with Gasteiger partial charge in [-0.3, -0.25) is 0 Å². The molecule has 40 heavy (non-hydrogen) atoms. The number of esters is 1. The van der Waals surface area contributed by atoms with Gasteiger partial charge in [0.25, 0.3) is 0 Å². The molecular weight excluding hydrogens is 681 g/mol. The molecule has 0 aliphatic carbocycles. The molecule has 4 aliphatic heterocycles. The fourth-order valence-corrected chi connectivity index (χ4v) is 54.0. The molecule has 4 aliphatic rings. The monoisotopic (exact) mass is 722 g/mol. The summed E-state index contributed by atoms with van der Waals surface area (Å²) in [6.45, 7) is 24.0. The number of carbonyl (C=O) groups excluding carboxylic acids is 1. The van der Waals surface area contributed by atoms with E-state index in [0.29, 0.717) is 12.5 Å². The predicted molar refractivity (Wildman–Crippen MR) is 160 cm³/mol. The molecule has 0 aromatic carbocycles. The lowest BCUT2D eigenvalue weighted by Crippen LogP contribution is -2.82. The van der Waals surface area contributed by atoms with Crippen molar-refractivity contribution >= 4 is 84.5 Å². The first-order valence-corrected chi connectivity index (χ1v) is 34.7. The molecule has 4 heterocycles. The smallest absolute Gasteiger partial charge is 0.463 e. The van der Waals surface area contributed by atoms with Crippen molar-refractivity contribution in [1.29, 1.82) is 0 Å². The lowest BCUT2D eigenvalue weighted by atomic mass is 10.5. The molecule has 4 saturated heterocycles. The minimum absolute atomic E-state index is 0.162. The highest BCUT2D eigenvalue weighted by atomic mass is 28.6. The Hall–Kier alpha value is 0.682. The third-order valence-corrected chi connectivity index (χ3v) is 44.1. The quantitative estimate of drug-likeness (QED) is 0.165. The first-order valence-electron chi connectivity index (χ1n) is 13.1. The molecule has 6 bridgehead atoms. The Morgan fingerprint density at radius 1 is 0.650 bits per heavy atom. The van der Waals surface area contributed by atoms with Gasteiger partial charge in [-0.15, -0.1) is 0 Å². The molecule has 0 aromatic heterocycles. The molecule has 0 N–H and O–H groups in total. The lowest BCUT2D eigenvalue weighted by Gasteiger charge is -2.58. The summed E-state index contributed by atoms with van der Waals surface area (Å²) in [4.78, 5) is 11.6. The minimum atomic E-state index is -3.68. The van der Waals surface area contributed by atoms with Crippen LogP contribution in [0.3, 0.4) is 0 Å². The van der Waals surface area contributed by atoms with Crippen LogP contribution >= 0.6 is 0 Å². The summed E-state index contributed by atoms with van der Waals surface area (Å²) < 4.78 is 85.6. The number of hydrogen-bond acceptors (Lipinski definition) is 14. The van der Waals surface area contributed by atoms with Crippen LogP contribution in [0.1, 0.15) is 6.42 Å². The zero-order valence-electron chi connectivity index (χ0n) is 25.1. The van der Waals surface area contributed by atoms with E-state index >= 15 is 0 Å². The number of hydrogen-bond donors (Lipinski definition) is 0. The molecule has 4 fully saturated rings. The highest BCUT2D eigenvalue weighted by Gasteiger charge is 2.75. The number of rotatable bonds is 7. The van der Waals surface area contributed by atoms with Crippen LogP contribution in [0.15, 0.2) is 12.7 Å². The minimum Gasteiger partial charge on any atom is -0.463 e. The first-order chi connectivity index (χ1) is 17.9. The average Bonchev–Trinajstić information content (AvgIpc) is 2.62. The van der Waals surface area contributed by atoms with Crippen LogP contribution in [0.5, 0.6) is 0 Å². The summed E-state index contributed by atoms with van der Waals surface area (Å²) in [5, 5.41) is 0. The van der Waals surface area contributed by atoms with Crippen molar-refractivity contribution in [2.24, 2.45) is 0 Å². The van der Waals surface area contributed by atoms with Crippen LogP contribution in [0, 0.1) is 0 Å². The van der Waals surface area contributed by atoms with Gasteiger partial charge in [-0.1, -0.05) is 6.58 Å². The van der Waals surface area contributed by atoms with Gasteiger partial charge in [0.1, 0.15) is 0 Å². The van der Waals surface area contributed by atoms with Gasteiger partial charge in [-0.05, 0) is 38.7 Å². The molecule has 4 atom stereocenters. The van der Waals surface area contributed by atoms with Gasteiger partial charge in [0.15, 0.2) is 8.32 Å². The van der Waals surface area contributed by atoms with Crippen molar-refractivity contribution < 1.29 is 58.9 Å². The van der Waals surface area contributed by atoms with Crippen LogP contribution in [0.4, 0.5) is 0 Å². The second kappa shape index (κ2) is 10.6. The Morgan fingerprint density at radius 3 is 1.35 bits per heavy atom. The van der Waals surface area contributed by atoms with Crippen molar-refractivity contribution in [2.75, 3.05) is 6.61 Å². The second-order valence-corrected chi connectivity index (χ2v) is 40.8. The molecule has 0 radical (unpaired) electrons. The number of carbonyl (C=O) groups is 1. The third-order valence-electron chi connectivity index (χ3n) is 5.82. The van der Waals surface area contributed by atoms with Crippen molar-refractivity contribution in [1.82, 2.24) is 0 Å². The summed E-state index contributed by atoms with van der Waals surface area (Å²) >= 11 is 0. The van der Waals surface area contributed by atoms with E-state index in [-0.39, 0.29) is 6.61 Å². The largest absolute Gasteiger partial charge is 0.475 e. The van der Waals surface area contributed by atoms with Crippen LogP contribution in [0.25, 0.3) is 0 Å². The summed E-state index contributed by atoms with van der Waals surface area (Å²) in [5.41, 5.74) is 0. The van der Waals surface area contributed by atoms with Crippen molar-refractivity contribution in [2.45, 2.75) is 84.5 Å². The van der Waals surface area contributed by atoms with E-state index in [0.717, 1.165) is 6.08 Å². The second-order valence-electron chi connectivity index (χ2n) is 12.0. The Morgan fingerprint density at radius 2 is 1.00 bits per heavy atom. The topological polar surface area (TPSA) is 137 Å². The van der Waals surface area contributed by atoms with Gasteiger partial charge < -0.3 is 54.1 Å². The van der Waals surface area contributed by atoms with Crippen LogP contribution in [0.2, 0.25) is 78.1 Å². The van der Waals surface area contributed by atoms with E-state index in [1.807, 2.05) is 26.2 Å². The molecule has 23 heteroatoms. The Bertz CT molecular complexity index is 992. The fourth-order valence-electron chi connectivity index (χ4n) is 5.56. The molecule has 4 rings (SSSR count). The van der Waals surface area contributed by atoms with Gasteiger partial charge in [-0.2, -0.15) is 0 Å². The lowest BCUT2D eigenvalue weighted by molar-refractivity contribution is -0.137. The Kier molecular flexibility index (Phi) is 8.94. The number of ether oxygens (including phenoxy) is 1. The molecule has 14 nitrogen and oxygen atoms in total. The number of fused-ring (bicyclic) bond motifs is 4. The van der Waals surface area contributed by atoms with E-state index in [1.54, 1.807) is 45.8 Å². The maximum absolute atomic E-state index is 11.6. The molecule has 0 aromatic rings. The van der Waals surface area contributed by atoms with Crippen molar-refractivity contribution in [3.8, 4) is 0 Å². The highest BCUT2D eigenvalue weighted by molar-refractivity contribution is 7.00. The predicted octanol–water partition coefficient (Wildman–Crippen LogP) is 3.25. The Balaban J connectivity index is 1.81. The zero-order chi connectivity index (χ0) is 30.1. The maximum Gasteiger partial charge on any atom is 0.475 e. The average molecular weight is 723 g/mol. The molecule has 0 spiro atoms. The van der Waals surface area contributed by atoms with E-state index in [4.69, 9.17) is 54.1 Å². The summed E-state index contributed by atoms with van der Waals surface area (Å²) in [7, 11) is -30.7. The van der Waals surface area contributed by atoms with E-state index < -0.39 is 84.5 Å². The van der Waals surface area contributed by atoms with Crippen LogP contribution in [-0.2, 0) is 58.9 Å². The fraction of sp³-hybridized carbons (Fsp3) is 0.824. The standard InChI is InChI=1S/C17H42O14Si9/c1-13-17(18)19-15-14-16-33(5)21-35(7)25-37(9)23-34(6,20-32(2,3)4)24-38(10)26-36(8,22-33)28-39(11,27-35)31-40(12,29-37)30-38/h13H,1,14-16H2,2-12H3. The van der Waals surface area contributed by atoms with Gasteiger partial charge in [0.2, 0.25) is 0 Å². The molecule has 230 valence electrons. The van der Waals surface area contributed by atoms with E-state index in [2.05, 4.69) is 6.58 Å². The molecule has 0 saturated carbocycles. The van der Waals surface area contributed by atoms with Crippen molar-refractivity contribution in [3.05, 3.63) is 12.7 Å². The summed E-state index contributed by atoms with van der Waals surface area (Å²) in [6.07, 6.45) is 1.59. The molecule has 0 amide bonds. The van der Waals surface area contributed by atoms with E-state index in [1.165, 1.54) is 0 Å². The van der Waals surface area contributed by atoms with Crippen molar-refractivity contribution in [3.63, 3.8) is 0 Å². The van der Waals surface area contributed by atoms with Crippen LogP contribution in [-0.4, -0.2) is 91.1 Å². The summed E-state index contributed by atoms with van der Waals surface area (Å²) in [6, 6.07) is 0.429. The van der Waals surface area contributed by atoms with Gasteiger partial charge in [0, 0.05) is 51.9 Å². The summed E-state index contributed by atoms with van der Waals surface area (Å²) in [5.74, 6) is -0.500. The first kappa shape index (κ1) is 33.6. The Labute approximate surface area is 246 Å². The SMILES string of the molecule is C=CC(=O)OCCC[Si]1(C)O[Si]2(C)O[Si]3(C)O[Si](C)(O[Si](C)(C)C)O[Si]4(C)O[Si](C)(O1)O[Si](C)(O2)O[Si](C)(O3)O4. The van der Waals surface area contributed by atoms with Gasteiger partial charge in [-0.25, -0.2) is 4.79 Å². The molecular formula is C17H42O14Si9. The van der Waals surface area contributed by atoms with Crippen LogP contribution < -0.4 is 0 Å². The van der Waals surface area contributed by atoms with Gasteiger partial charge in [0.05, 0.1) is 6.61 Å².